The Hall–Kier alpha value is -4.41. The van der Waals surface area contributed by atoms with Crippen LogP contribution in [0.2, 0.25) is 0 Å². The Morgan fingerprint density at radius 3 is 1.24 bits per heavy atom. The van der Waals surface area contributed by atoms with Crippen LogP contribution in [0.15, 0.2) is 77.7 Å². The highest BCUT2D eigenvalue weighted by atomic mass is 16.6. The van der Waals surface area contributed by atoms with Gasteiger partial charge in [0.25, 0.3) is 0 Å². The maximum Gasteiger partial charge on any atom is 0.208 e. The smallest absolute Gasteiger partial charge is 0.208 e. The molecule has 0 amide bonds. The first-order valence-electron chi connectivity index (χ1n) is 28.8. The number of benzene rings is 2. The molecule has 0 aromatic heterocycles. The third kappa shape index (κ3) is 31.5. The summed E-state index contributed by atoms with van der Waals surface area (Å²) in [6.07, 6.45) is 8.55. The molecule has 83 heavy (non-hydrogen) atoms. The van der Waals surface area contributed by atoms with Gasteiger partial charge in [-0.05, 0) is 47.5 Å². The SMILES string of the molecule is COCCOCCOCCOCCN(CCOCCOCCOCCOC)c1ccc(C2=C([O-])/C(=C3/C=CC(/C=C/c4cc(OCCOCCOCCOC)ccc4OCCOCCOCCOC)=[N+]3CCOCCOCCOC)C2)cc1. The van der Waals surface area contributed by atoms with Gasteiger partial charge >= 0.3 is 0 Å². The number of methoxy groups -OCH3 is 5. The predicted molar refractivity (Wildman–Crippen MR) is 312 cm³/mol. The first-order valence-corrected chi connectivity index (χ1v) is 28.8. The van der Waals surface area contributed by atoms with Crippen molar-refractivity contribution < 1.29 is 99.7 Å². The van der Waals surface area contributed by atoms with Crippen molar-refractivity contribution in [1.29, 1.82) is 0 Å². The zero-order valence-corrected chi connectivity index (χ0v) is 50.2. The van der Waals surface area contributed by atoms with Gasteiger partial charge in [-0.3, -0.25) is 0 Å². The zero-order valence-electron chi connectivity index (χ0n) is 50.2. The lowest BCUT2D eigenvalue weighted by atomic mass is 9.83. The summed E-state index contributed by atoms with van der Waals surface area (Å²) in [5.74, 6) is 1.32. The number of allylic oxidation sites excluding steroid dienone is 5. The Balaban J connectivity index is 1.48. The summed E-state index contributed by atoms with van der Waals surface area (Å²) in [5.41, 5.74) is 5.88. The van der Waals surface area contributed by atoms with Gasteiger partial charge in [-0.15, -0.1) is 0 Å². The molecular weight excluding hydrogens is 1080 g/mol. The summed E-state index contributed by atoms with van der Waals surface area (Å²) >= 11 is 0. The lowest BCUT2D eigenvalue weighted by Crippen LogP contribution is -2.31. The summed E-state index contributed by atoms with van der Waals surface area (Å²) in [7, 11) is 8.21. The summed E-state index contributed by atoms with van der Waals surface area (Å²) in [6.45, 7) is 16.3. The van der Waals surface area contributed by atoms with Crippen molar-refractivity contribution >= 4 is 23.0 Å². The van der Waals surface area contributed by atoms with Crippen molar-refractivity contribution in [1.82, 2.24) is 0 Å². The van der Waals surface area contributed by atoms with Gasteiger partial charge in [0, 0.05) is 90.1 Å². The van der Waals surface area contributed by atoms with Crippen LogP contribution in [0, 0.1) is 0 Å². The molecule has 22 nitrogen and oxygen atoms in total. The Morgan fingerprint density at radius 2 is 0.807 bits per heavy atom. The van der Waals surface area contributed by atoms with Crippen LogP contribution in [-0.4, -0.2) is 270 Å². The first-order chi connectivity index (χ1) is 41.0. The fourth-order valence-corrected chi connectivity index (χ4v) is 7.99. The molecule has 2 aliphatic rings. The van der Waals surface area contributed by atoms with Gasteiger partial charge in [0.2, 0.25) is 11.4 Å². The minimum absolute atomic E-state index is 0.0122. The van der Waals surface area contributed by atoms with E-state index in [1.165, 1.54) is 0 Å². The molecule has 0 N–H and O–H groups in total. The molecule has 0 saturated heterocycles. The number of anilines is 1. The molecule has 4 rings (SSSR count). The highest BCUT2D eigenvalue weighted by Gasteiger charge is 2.30. The van der Waals surface area contributed by atoms with Crippen LogP contribution in [0.1, 0.15) is 17.5 Å². The molecule has 0 fully saturated rings. The maximum atomic E-state index is 14.3. The average Bonchev–Trinajstić information content (AvgIpc) is 3.29. The maximum absolute atomic E-state index is 14.3. The topological polar surface area (TPSA) is 205 Å². The minimum atomic E-state index is 0.0122. The van der Waals surface area contributed by atoms with Crippen molar-refractivity contribution in [3.8, 4) is 11.5 Å². The van der Waals surface area contributed by atoms with Crippen LogP contribution in [0.3, 0.4) is 0 Å². The normalized spacial score (nSPS) is 14.3. The van der Waals surface area contributed by atoms with Crippen LogP contribution < -0.4 is 19.5 Å². The summed E-state index contributed by atoms with van der Waals surface area (Å²) < 4.78 is 108. The molecule has 2 aromatic carbocycles. The van der Waals surface area contributed by atoms with Gasteiger partial charge in [0.05, 0.1) is 185 Å². The van der Waals surface area contributed by atoms with E-state index in [-0.39, 0.29) is 5.76 Å². The summed E-state index contributed by atoms with van der Waals surface area (Å²) in [5, 5.41) is 14.3. The van der Waals surface area contributed by atoms with E-state index >= 15 is 0 Å². The molecule has 0 spiro atoms. The van der Waals surface area contributed by atoms with E-state index in [1.54, 1.807) is 35.5 Å². The molecule has 2 aromatic rings. The van der Waals surface area contributed by atoms with Gasteiger partial charge in [-0.1, -0.05) is 17.9 Å². The Morgan fingerprint density at radius 1 is 0.410 bits per heavy atom. The van der Waals surface area contributed by atoms with E-state index in [2.05, 4.69) is 21.6 Å². The van der Waals surface area contributed by atoms with E-state index in [0.29, 0.717) is 242 Å². The summed E-state index contributed by atoms with van der Waals surface area (Å²) in [6, 6.07) is 13.8. The third-order valence-electron chi connectivity index (χ3n) is 12.4. The van der Waals surface area contributed by atoms with Crippen molar-refractivity contribution in [2.75, 3.05) is 265 Å². The average molecular weight is 1180 g/mol. The zero-order chi connectivity index (χ0) is 58.9. The van der Waals surface area contributed by atoms with Crippen molar-refractivity contribution in [3.63, 3.8) is 0 Å². The molecule has 0 saturated carbocycles. The van der Waals surface area contributed by atoms with Gasteiger partial charge in [0.15, 0.2) is 6.54 Å². The highest BCUT2D eigenvalue weighted by molar-refractivity contribution is 6.05. The molecule has 1 heterocycles. The van der Waals surface area contributed by atoms with E-state index in [4.69, 9.17) is 90.0 Å². The predicted octanol–water partition coefficient (Wildman–Crippen LogP) is 4.15. The third-order valence-corrected chi connectivity index (χ3v) is 12.4. The van der Waals surface area contributed by atoms with Crippen LogP contribution in [-0.2, 0) is 80.5 Å². The molecule has 0 atom stereocenters. The van der Waals surface area contributed by atoms with Crippen LogP contribution in [0.5, 0.6) is 11.5 Å². The van der Waals surface area contributed by atoms with E-state index < -0.39 is 0 Å². The minimum Gasteiger partial charge on any atom is -0.872 e. The lowest BCUT2D eigenvalue weighted by molar-refractivity contribution is -0.473. The van der Waals surface area contributed by atoms with Gasteiger partial charge < -0.3 is 100 Å². The Labute approximate surface area is 492 Å². The molecular formula is C61H96N2O20. The van der Waals surface area contributed by atoms with Crippen molar-refractivity contribution in [2.45, 2.75) is 6.42 Å². The van der Waals surface area contributed by atoms with E-state index in [1.807, 2.05) is 54.6 Å². The first kappa shape index (κ1) is 71.1. The highest BCUT2D eigenvalue weighted by Crippen LogP contribution is 2.41. The van der Waals surface area contributed by atoms with Gasteiger partial charge in [-0.25, -0.2) is 0 Å². The number of hydrogen-bond acceptors (Lipinski definition) is 21. The second kappa shape index (κ2) is 48.8. The van der Waals surface area contributed by atoms with Gasteiger partial charge in [-0.2, -0.15) is 4.58 Å². The summed E-state index contributed by atoms with van der Waals surface area (Å²) in [4.78, 5) is 2.22. The Bertz CT molecular complexity index is 2080. The van der Waals surface area contributed by atoms with Gasteiger partial charge in [0.1, 0.15) is 31.3 Å². The van der Waals surface area contributed by atoms with E-state index in [9.17, 15) is 5.11 Å². The molecule has 1 aliphatic carbocycles. The monoisotopic (exact) mass is 1180 g/mol. The largest absolute Gasteiger partial charge is 0.872 e. The molecule has 22 heteroatoms. The standard InChI is InChI=1S/C61H96N2O20/c1-65-22-27-73-35-34-72-21-18-63-55(11-8-53-50-56(82-48-46-80-44-40-76-30-25-68-4)13-15-60(53)83-49-47-81-45-41-77-31-26-69-5)12-14-59(63)58-51-57(61(58)64)52-6-9-54(10-7-52)62(16-19-70-32-36-78-42-38-74-28-23-66-2)17-20-71-33-37-79-43-39-75-29-24-67-3/h6-15,50H,16-49,51H2,1-5H3/b11-8+. The number of nitrogens with zero attached hydrogens (tertiary/aromatic N) is 2. The van der Waals surface area contributed by atoms with Crippen LogP contribution in [0.25, 0.3) is 11.6 Å². The quantitative estimate of drug-likeness (QED) is 0.0674. The fourth-order valence-electron chi connectivity index (χ4n) is 7.99. The second-order valence-electron chi connectivity index (χ2n) is 18.3. The number of hydrogen-bond donors (Lipinski definition) is 0. The lowest BCUT2D eigenvalue weighted by Gasteiger charge is -2.32. The van der Waals surface area contributed by atoms with E-state index in [0.717, 1.165) is 39.4 Å². The van der Waals surface area contributed by atoms with Crippen LogP contribution >= 0.6 is 0 Å². The molecule has 0 bridgehead atoms. The van der Waals surface area contributed by atoms with Crippen molar-refractivity contribution in [3.05, 3.63) is 88.8 Å². The molecule has 0 radical (unpaired) electrons. The molecule has 470 valence electrons. The number of rotatable bonds is 57. The fraction of sp³-hybridized carbons (Fsp3) is 0.656. The number of ether oxygens (including phenoxy) is 19. The van der Waals surface area contributed by atoms with Crippen LogP contribution in [0.4, 0.5) is 5.69 Å². The van der Waals surface area contributed by atoms with Crippen molar-refractivity contribution in [2.24, 2.45) is 0 Å². The molecule has 1 aliphatic heterocycles. The molecule has 0 unspecified atom stereocenters. The Kier molecular flexibility index (Phi) is 41.8. The second-order valence-corrected chi connectivity index (χ2v) is 18.3.